The molecule has 0 aromatic heterocycles. The van der Waals surface area contributed by atoms with Crippen molar-refractivity contribution in [2.75, 3.05) is 0 Å². The molecule has 1 aromatic rings. The second-order valence-electron chi connectivity index (χ2n) is 2.74. The average Bonchev–Trinajstić information content (AvgIpc) is 2.09. The van der Waals surface area contributed by atoms with Gasteiger partial charge in [-0.1, -0.05) is 17.7 Å². The van der Waals surface area contributed by atoms with Crippen molar-refractivity contribution in [2.45, 2.75) is 20.1 Å². The predicted molar refractivity (Wildman–Crippen MR) is 48.6 cm³/mol. The summed E-state index contributed by atoms with van der Waals surface area (Å²) in [6, 6.07) is 7.84. The molecule has 0 amide bonds. The van der Waals surface area contributed by atoms with E-state index in [-0.39, 0.29) is 6.23 Å². The van der Waals surface area contributed by atoms with Gasteiger partial charge in [0.25, 0.3) is 0 Å². The average molecular weight is 166 g/mol. The minimum Gasteiger partial charge on any atom is -0.474 e. The summed E-state index contributed by atoms with van der Waals surface area (Å²) in [5.74, 6) is 6.00. The molecule has 1 aromatic carbocycles. The number of nitrogens with one attached hydrogen (secondary N) is 1. The Morgan fingerprint density at radius 3 is 2.42 bits per heavy atom. The van der Waals surface area contributed by atoms with Crippen LogP contribution in [-0.2, 0) is 0 Å². The predicted octanol–water partition coefficient (Wildman–Crippen LogP) is 1.18. The van der Waals surface area contributed by atoms with E-state index in [1.165, 1.54) is 5.56 Å². The number of benzene rings is 1. The van der Waals surface area contributed by atoms with E-state index in [9.17, 15) is 0 Å². The zero-order chi connectivity index (χ0) is 8.97. The van der Waals surface area contributed by atoms with Gasteiger partial charge in [0.2, 0.25) is 0 Å². The molecule has 0 saturated carbocycles. The number of hydrazine groups is 1. The van der Waals surface area contributed by atoms with Gasteiger partial charge in [0, 0.05) is 0 Å². The number of hydrogen-bond donors (Lipinski definition) is 2. The molecule has 0 heterocycles. The molecule has 0 aliphatic heterocycles. The molecule has 1 unspecified atom stereocenters. The lowest BCUT2D eigenvalue weighted by Crippen LogP contribution is -2.36. The summed E-state index contributed by atoms with van der Waals surface area (Å²) in [5, 5.41) is 0. The van der Waals surface area contributed by atoms with E-state index in [2.05, 4.69) is 5.43 Å². The fraction of sp³-hybridized carbons (Fsp3) is 0.333. The summed E-state index contributed by atoms with van der Waals surface area (Å²) in [4.78, 5) is 0. The van der Waals surface area contributed by atoms with E-state index >= 15 is 0 Å². The third kappa shape index (κ3) is 2.53. The maximum absolute atomic E-state index is 5.38. The number of aryl methyl sites for hydroxylation is 1. The van der Waals surface area contributed by atoms with E-state index < -0.39 is 0 Å². The summed E-state index contributed by atoms with van der Waals surface area (Å²) in [6.45, 7) is 3.88. The molecule has 3 nitrogen and oxygen atoms in total. The molecule has 1 rings (SSSR count). The van der Waals surface area contributed by atoms with Crippen LogP contribution in [0.2, 0.25) is 0 Å². The highest BCUT2D eigenvalue weighted by Gasteiger charge is 1.98. The van der Waals surface area contributed by atoms with E-state index in [4.69, 9.17) is 10.6 Å². The maximum atomic E-state index is 5.38. The van der Waals surface area contributed by atoms with Crippen molar-refractivity contribution in [3.8, 4) is 5.75 Å². The molecule has 0 aliphatic carbocycles. The summed E-state index contributed by atoms with van der Waals surface area (Å²) in [6.07, 6.45) is -0.160. The zero-order valence-electron chi connectivity index (χ0n) is 7.37. The summed E-state index contributed by atoms with van der Waals surface area (Å²) in [7, 11) is 0. The first-order chi connectivity index (χ1) is 5.72. The number of hydrogen-bond acceptors (Lipinski definition) is 3. The Balaban J connectivity index is 2.58. The lowest BCUT2D eigenvalue weighted by molar-refractivity contribution is 0.184. The summed E-state index contributed by atoms with van der Waals surface area (Å²) < 4.78 is 5.38. The van der Waals surface area contributed by atoms with Gasteiger partial charge in [-0.05, 0) is 26.0 Å². The van der Waals surface area contributed by atoms with E-state index in [1.807, 2.05) is 38.1 Å². The SMILES string of the molecule is Cc1ccc(OC(C)NN)cc1. The monoisotopic (exact) mass is 166 g/mol. The van der Waals surface area contributed by atoms with Crippen LogP contribution in [0.25, 0.3) is 0 Å². The van der Waals surface area contributed by atoms with Crippen molar-refractivity contribution in [1.29, 1.82) is 0 Å². The number of rotatable bonds is 3. The van der Waals surface area contributed by atoms with Crippen LogP contribution < -0.4 is 16.0 Å². The molecule has 0 fully saturated rings. The highest BCUT2D eigenvalue weighted by Crippen LogP contribution is 2.11. The van der Waals surface area contributed by atoms with Crippen LogP contribution in [-0.4, -0.2) is 6.23 Å². The van der Waals surface area contributed by atoms with Crippen LogP contribution in [0.3, 0.4) is 0 Å². The van der Waals surface area contributed by atoms with E-state index in [1.54, 1.807) is 0 Å². The largest absolute Gasteiger partial charge is 0.474 e. The van der Waals surface area contributed by atoms with Crippen LogP contribution in [0.1, 0.15) is 12.5 Å². The highest BCUT2D eigenvalue weighted by atomic mass is 16.5. The van der Waals surface area contributed by atoms with Gasteiger partial charge < -0.3 is 4.74 Å². The van der Waals surface area contributed by atoms with Gasteiger partial charge in [-0.2, -0.15) is 0 Å². The second-order valence-corrected chi connectivity index (χ2v) is 2.74. The van der Waals surface area contributed by atoms with Crippen LogP contribution >= 0.6 is 0 Å². The maximum Gasteiger partial charge on any atom is 0.159 e. The van der Waals surface area contributed by atoms with Gasteiger partial charge in [-0.25, -0.2) is 5.43 Å². The topological polar surface area (TPSA) is 47.3 Å². The molecule has 0 bridgehead atoms. The molecule has 0 saturated heterocycles. The van der Waals surface area contributed by atoms with Gasteiger partial charge in [-0.3, -0.25) is 5.84 Å². The summed E-state index contributed by atoms with van der Waals surface area (Å²) >= 11 is 0. The molecular formula is C9H14N2O. The normalized spacial score (nSPS) is 12.6. The van der Waals surface area contributed by atoms with Gasteiger partial charge >= 0.3 is 0 Å². The van der Waals surface area contributed by atoms with Crippen molar-refractivity contribution in [3.63, 3.8) is 0 Å². The summed E-state index contributed by atoms with van der Waals surface area (Å²) in [5.41, 5.74) is 3.72. The Morgan fingerprint density at radius 1 is 1.33 bits per heavy atom. The third-order valence-electron chi connectivity index (χ3n) is 1.57. The Morgan fingerprint density at radius 2 is 1.92 bits per heavy atom. The van der Waals surface area contributed by atoms with Gasteiger partial charge in [0.15, 0.2) is 6.23 Å². The third-order valence-corrected chi connectivity index (χ3v) is 1.57. The molecule has 12 heavy (non-hydrogen) atoms. The minimum absolute atomic E-state index is 0.160. The molecule has 66 valence electrons. The van der Waals surface area contributed by atoms with Crippen LogP contribution in [0, 0.1) is 6.92 Å². The Labute approximate surface area is 72.5 Å². The van der Waals surface area contributed by atoms with Crippen molar-refractivity contribution in [3.05, 3.63) is 29.8 Å². The standard InChI is InChI=1S/C9H14N2O/c1-7-3-5-9(6-4-7)12-8(2)11-10/h3-6,8,11H,10H2,1-2H3. The Kier molecular flexibility index (Phi) is 3.08. The van der Waals surface area contributed by atoms with Gasteiger partial charge in [-0.15, -0.1) is 0 Å². The van der Waals surface area contributed by atoms with Gasteiger partial charge in [0.05, 0.1) is 0 Å². The Hall–Kier alpha value is -1.06. The van der Waals surface area contributed by atoms with Crippen molar-refractivity contribution >= 4 is 0 Å². The first-order valence-electron chi connectivity index (χ1n) is 3.92. The number of nitrogens with two attached hydrogens (primary N) is 1. The van der Waals surface area contributed by atoms with Crippen LogP contribution in [0.5, 0.6) is 5.75 Å². The van der Waals surface area contributed by atoms with Crippen molar-refractivity contribution in [1.82, 2.24) is 5.43 Å². The molecule has 3 heteroatoms. The smallest absolute Gasteiger partial charge is 0.159 e. The van der Waals surface area contributed by atoms with Crippen molar-refractivity contribution < 1.29 is 4.74 Å². The fourth-order valence-electron chi connectivity index (χ4n) is 0.855. The lowest BCUT2D eigenvalue weighted by Gasteiger charge is -2.12. The van der Waals surface area contributed by atoms with Crippen molar-refractivity contribution in [2.24, 2.45) is 5.84 Å². The van der Waals surface area contributed by atoms with Crippen LogP contribution in [0.15, 0.2) is 24.3 Å². The molecule has 0 radical (unpaired) electrons. The zero-order valence-corrected chi connectivity index (χ0v) is 7.37. The first-order valence-corrected chi connectivity index (χ1v) is 3.92. The van der Waals surface area contributed by atoms with E-state index in [0.717, 1.165) is 5.75 Å². The molecule has 1 atom stereocenters. The van der Waals surface area contributed by atoms with Gasteiger partial charge in [0.1, 0.15) is 5.75 Å². The first kappa shape index (κ1) is 9.03. The molecular weight excluding hydrogens is 152 g/mol. The second kappa shape index (κ2) is 4.09. The lowest BCUT2D eigenvalue weighted by atomic mass is 10.2. The Bertz CT molecular complexity index is 233. The molecule has 3 N–H and O–H groups in total. The number of ether oxygens (including phenoxy) is 1. The molecule has 0 spiro atoms. The minimum atomic E-state index is -0.160. The van der Waals surface area contributed by atoms with E-state index in [0.29, 0.717) is 0 Å². The fourth-order valence-corrected chi connectivity index (χ4v) is 0.855. The quantitative estimate of drug-likeness (QED) is 0.403. The highest BCUT2D eigenvalue weighted by molar-refractivity contribution is 5.26. The molecule has 0 aliphatic rings. The van der Waals surface area contributed by atoms with Crippen LogP contribution in [0.4, 0.5) is 0 Å².